The SMILES string of the molecule is Cc1ccc(Cl)cc1C(=O)N(CCCl)C1CCC1. The molecule has 1 aliphatic carbocycles. The van der Waals surface area contributed by atoms with Gasteiger partial charge in [-0.25, -0.2) is 0 Å². The Morgan fingerprint density at radius 1 is 1.44 bits per heavy atom. The molecule has 1 amide bonds. The van der Waals surface area contributed by atoms with Crippen molar-refractivity contribution in [3.05, 3.63) is 34.3 Å². The summed E-state index contributed by atoms with van der Waals surface area (Å²) < 4.78 is 0. The van der Waals surface area contributed by atoms with Gasteiger partial charge in [0.05, 0.1) is 0 Å². The average Bonchev–Trinajstić information content (AvgIpc) is 2.28. The molecule has 0 bridgehead atoms. The topological polar surface area (TPSA) is 20.3 Å². The second-order valence-electron chi connectivity index (χ2n) is 4.73. The number of aryl methyl sites for hydroxylation is 1. The highest BCUT2D eigenvalue weighted by Crippen LogP contribution is 2.27. The van der Waals surface area contributed by atoms with Gasteiger partial charge < -0.3 is 4.90 Å². The van der Waals surface area contributed by atoms with E-state index >= 15 is 0 Å². The van der Waals surface area contributed by atoms with E-state index in [1.165, 1.54) is 6.42 Å². The summed E-state index contributed by atoms with van der Waals surface area (Å²) in [7, 11) is 0. The monoisotopic (exact) mass is 285 g/mol. The first-order valence-corrected chi connectivity index (χ1v) is 7.18. The van der Waals surface area contributed by atoms with Crippen molar-refractivity contribution in [3.63, 3.8) is 0 Å². The fourth-order valence-corrected chi connectivity index (χ4v) is 2.57. The van der Waals surface area contributed by atoms with Crippen LogP contribution in [-0.2, 0) is 0 Å². The summed E-state index contributed by atoms with van der Waals surface area (Å²) in [4.78, 5) is 14.4. The van der Waals surface area contributed by atoms with E-state index in [1.54, 1.807) is 6.07 Å². The van der Waals surface area contributed by atoms with Crippen LogP contribution in [0.5, 0.6) is 0 Å². The zero-order chi connectivity index (χ0) is 13.1. The van der Waals surface area contributed by atoms with E-state index in [9.17, 15) is 4.79 Å². The molecule has 1 fully saturated rings. The Labute approximate surface area is 118 Å². The van der Waals surface area contributed by atoms with E-state index in [0.29, 0.717) is 29.1 Å². The predicted octanol–water partition coefficient (Wildman–Crippen LogP) is 3.88. The average molecular weight is 286 g/mol. The smallest absolute Gasteiger partial charge is 0.254 e. The number of benzene rings is 1. The summed E-state index contributed by atoms with van der Waals surface area (Å²) in [5.74, 6) is 0.530. The molecule has 2 rings (SSSR count). The lowest BCUT2D eigenvalue weighted by molar-refractivity contribution is 0.0597. The Hall–Kier alpha value is -0.730. The van der Waals surface area contributed by atoms with Gasteiger partial charge in [0.1, 0.15) is 0 Å². The molecule has 98 valence electrons. The van der Waals surface area contributed by atoms with E-state index in [2.05, 4.69) is 0 Å². The lowest BCUT2D eigenvalue weighted by Crippen LogP contribution is -2.45. The summed E-state index contributed by atoms with van der Waals surface area (Å²) in [5.41, 5.74) is 1.66. The minimum Gasteiger partial charge on any atom is -0.334 e. The van der Waals surface area contributed by atoms with Crippen molar-refractivity contribution in [1.82, 2.24) is 4.90 Å². The summed E-state index contributed by atoms with van der Waals surface area (Å²) in [6, 6.07) is 5.80. The highest BCUT2D eigenvalue weighted by atomic mass is 35.5. The van der Waals surface area contributed by atoms with Crippen LogP contribution in [0.4, 0.5) is 0 Å². The second kappa shape index (κ2) is 5.94. The van der Waals surface area contributed by atoms with E-state index < -0.39 is 0 Å². The molecule has 2 nitrogen and oxygen atoms in total. The number of nitrogens with zero attached hydrogens (tertiary/aromatic N) is 1. The van der Waals surface area contributed by atoms with Gasteiger partial charge in [-0.1, -0.05) is 17.7 Å². The van der Waals surface area contributed by atoms with Gasteiger partial charge in [-0.15, -0.1) is 11.6 Å². The fraction of sp³-hybridized carbons (Fsp3) is 0.500. The molecule has 0 atom stereocenters. The molecule has 0 saturated heterocycles. The number of halogens is 2. The van der Waals surface area contributed by atoms with Crippen molar-refractivity contribution < 1.29 is 4.79 Å². The molecule has 1 saturated carbocycles. The van der Waals surface area contributed by atoms with Crippen molar-refractivity contribution in [1.29, 1.82) is 0 Å². The Kier molecular flexibility index (Phi) is 4.52. The fourth-order valence-electron chi connectivity index (χ4n) is 2.22. The van der Waals surface area contributed by atoms with Gasteiger partial charge in [0.2, 0.25) is 0 Å². The largest absolute Gasteiger partial charge is 0.334 e. The molecule has 1 aliphatic rings. The number of carbonyl (C=O) groups is 1. The van der Waals surface area contributed by atoms with E-state index in [0.717, 1.165) is 18.4 Å². The van der Waals surface area contributed by atoms with Gasteiger partial charge in [0.15, 0.2) is 0 Å². The highest BCUT2D eigenvalue weighted by molar-refractivity contribution is 6.31. The van der Waals surface area contributed by atoms with E-state index in [4.69, 9.17) is 23.2 Å². The standard InChI is InChI=1S/C14H17Cl2NO/c1-10-5-6-11(16)9-13(10)14(18)17(8-7-15)12-3-2-4-12/h5-6,9,12H,2-4,7-8H2,1H3. The third-order valence-corrected chi connectivity index (χ3v) is 3.94. The third-order valence-electron chi connectivity index (χ3n) is 3.53. The van der Waals surface area contributed by atoms with Gasteiger partial charge in [0, 0.05) is 29.1 Å². The molecule has 0 aromatic heterocycles. The van der Waals surface area contributed by atoms with Gasteiger partial charge in [-0.3, -0.25) is 4.79 Å². The lowest BCUT2D eigenvalue weighted by atomic mass is 9.90. The molecule has 0 aliphatic heterocycles. The van der Waals surface area contributed by atoms with Crippen LogP contribution in [0.25, 0.3) is 0 Å². The Morgan fingerprint density at radius 3 is 2.72 bits per heavy atom. The minimum atomic E-state index is 0.0559. The van der Waals surface area contributed by atoms with Gasteiger partial charge in [0.25, 0.3) is 5.91 Å². The normalized spacial score (nSPS) is 15.3. The van der Waals surface area contributed by atoms with Crippen LogP contribution in [0.15, 0.2) is 18.2 Å². The molecule has 0 spiro atoms. The summed E-state index contributed by atoms with van der Waals surface area (Å²) in [5, 5.41) is 0.600. The van der Waals surface area contributed by atoms with Crippen molar-refractivity contribution in [2.24, 2.45) is 0 Å². The number of hydrogen-bond acceptors (Lipinski definition) is 1. The molecule has 0 N–H and O–H groups in total. The second-order valence-corrected chi connectivity index (χ2v) is 5.55. The van der Waals surface area contributed by atoms with Crippen LogP contribution in [0.3, 0.4) is 0 Å². The van der Waals surface area contributed by atoms with Crippen molar-refractivity contribution >= 4 is 29.1 Å². The number of carbonyl (C=O) groups excluding carboxylic acids is 1. The first-order valence-electron chi connectivity index (χ1n) is 6.26. The molecule has 18 heavy (non-hydrogen) atoms. The third kappa shape index (κ3) is 2.81. The van der Waals surface area contributed by atoms with Crippen LogP contribution in [0.2, 0.25) is 5.02 Å². The molecule has 1 aromatic carbocycles. The first kappa shape index (κ1) is 13.7. The number of alkyl halides is 1. The zero-order valence-corrected chi connectivity index (χ0v) is 12.0. The number of rotatable bonds is 4. The number of amides is 1. The summed E-state index contributed by atoms with van der Waals surface area (Å²) >= 11 is 11.8. The maximum Gasteiger partial charge on any atom is 0.254 e. The molecule has 0 radical (unpaired) electrons. The first-order chi connectivity index (χ1) is 8.63. The van der Waals surface area contributed by atoms with Crippen LogP contribution < -0.4 is 0 Å². The summed E-state index contributed by atoms with van der Waals surface area (Å²) in [6.07, 6.45) is 3.37. The Morgan fingerprint density at radius 2 is 2.17 bits per heavy atom. The minimum absolute atomic E-state index is 0.0559. The molecular weight excluding hydrogens is 269 g/mol. The van der Waals surface area contributed by atoms with Crippen LogP contribution in [-0.4, -0.2) is 29.3 Å². The summed E-state index contributed by atoms with van der Waals surface area (Å²) in [6.45, 7) is 2.54. The van der Waals surface area contributed by atoms with Gasteiger partial charge >= 0.3 is 0 Å². The van der Waals surface area contributed by atoms with E-state index in [1.807, 2.05) is 24.0 Å². The van der Waals surface area contributed by atoms with Gasteiger partial charge in [-0.05, 0) is 43.9 Å². The van der Waals surface area contributed by atoms with Crippen molar-refractivity contribution in [2.45, 2.75) is 32.2 Å². The highest BCUT2D eigenvalue weighted by Gasteiger charge is 2.29. The molecule has 0 heterocycles. The molecular formula is C14H17Cl2NO. The van der Waals surface area contributed by atoms with Crippen molar-refractivity contribution in [2.75, 3.05) is 12.4 Å². The predicted molar refractivity (Wildman–Crippen MR) is 75.6 cm³/mol. The van der Waals surface area contributed by atoms with Crippen LogP contribution in [0.1, 0.15) is 35.2 Å². The van der Waals surface area contributed by atoms with Crippen LogP contribution in [0, 0.1) is 6.92 Å². The Bertz CT molecular complexity index is 443. The maximum absolute atomic E-state index is 12.6. The maximum atomic E-state index is 12.6. The van der Waals surface area contributed by atoms with E-state index in [-0.39, 0.29) is 5.91 Å². The zero-order valence-electron chi connectivity index (χ0n) is 10.5. The van der Waals surface area contributed by atoms with Crippen molar-refractivity contribution in [3.8, 4) is 0 Å². The molecule has 1 aromatic rings. The molecule has 0 unspecified atom stereocenters. The van der Waals surface area contributed by atoms with Crippen LogP contribution >= 0.6 is 23.2 Å². The Balaban J connectivity index is 2.23. The lowest BCUT2D eigenvalue weighted by Gasteiger charge is -2.37. The quantitative estimate of drug-likeness (QED) is 0.769. The molecule has 4 heteroatoms. The van der Waals surface area contributed by atoms with Gasteiger partial charge in [-0.2, -0.15) is 0 Å². The number of hydrogen-bond donors (Lipinski definition) is 0.